The van der Waals surface area contributed by atoms with Crippen LogP contribution >= 0.6 is 0 Å². The first-order chi connectivity index (χ1) is 8.98. The first-order valence-electron chi connectivity index (χ1n) is 6.66. The highest BCUT2D eigenvalue weighted by atomic mass is 16.5. The molecule has 4 nitrogen and oxygen atoms in total. The third kappa shape index (κ3) is 5.41. The summed E-state index contributed by atoms with van der Waals surface area (Å²) in [5, 5.41) is 2.90. The van der Waals surface area contributed by atoms with Crippen LogP contribution in [0.15, 0.2) is 24.3 Å². The quantitative estimate of drug-likeness (QED) is 0.786. The van der Waals surface area contributed by atoms with Crippen LogP contribution in [0.1, 0.15) is 31.9 Å². The molecule has 0 fully saturated rings. The van der Waals surface area contributed by atoms with Crippen molar-refractivity contribution >= 4 is 5.91 Å². The molecule has 0 aliphatic carbocycles. The first kappa shape index (κ1) is 15.7. The zero-order chi connectivity index (χ0) is 14.3. The van der Waals surface area contributed by atoms with E-state index in [1.165, 1.54) is 0 Å². The molecule has 3 N–H and O–H groups in total. The SMILES string of the molecule is CCOC(C)(C)CNC(=O)Cc1ccccc1CN. The standard InChI is InChI=1S/C15H24N2O2/c1-4-19-15(2,3)11-17-14(18)9-12-7-5-6-8-13(12)10-16/h5-8H,4,9-11,16H2,1-3H3,(H,17,18). The fourth-order valence-corrected chi connectivity index (χ4v) is 1.92. The monoisotopic (exact) mass is 264 g/mol. The lowest BCUT2D eigenvalue weighted by Gasteiger charge is -2.25. The molecule has 0 aliphatic rings. The van der Waals surface area contributed by atoms with Gasteiger partial charge in [-0.05, 0) is 31.9 Å². The highest BCUT2D eigenvalue weighted by molar-refractivity contribution is 5.79. The Morgan fingerprint density at radius 2 is 1.95 bits per heavy atom. The van der Waals surface area contributed by atoms with Gasteiger partial charge in [-0.25, -0.2) is 0 Å². The molecular formula is C15H24N2O2. The molecule has 0 saturated heterocycles. The van der Waals surface area contributed by atoms with Crippen molar-refractivity contribution in [3.63, 3.8) is 0 Å². The molecule has 1 aromatic rings. The number of nitrogens with one attached hydrogen (secondary N) is 1. The largest absolute Gasteiger partial charge is 0.374 e. The van der Waals surface area contributed by atoms with E-state index in [1.807, 2.05) is 45.0 Å². The molecular weight excluding hydrogens is 240 g/mol. The van der Waals surface area contributed by atoms with E-state index in [-0.39, 0.29) is 11.5 Å². The molecule has 0 atom stereocenters. The maximum atomic E-state index is 11.9. The molecule has 0 bridgehead atoms. The predicted octanol–water partition coefficient (Wildman–Crippen LogP) is 1.62. The Morgan fingerprint density at radius 1 is 1.32 bits per heavy atom. The normalized spacial score (nSPS) is 11.4. The van der Waals surface area contributed by atoms with Crippen LogP contribution in [-0.2, 0) is 22.5 Å². The Balaban J connectivity index is 2.52. The van der Waals surface area contributed by atoms with E-state index in [4.69, 9.17) is 10.5 Å². The van der Waals surface area contributed by atoms with E-state index in [1.54, 1.807) is 0 Å². The molecule has 106 valence electrons. The number of benzene rings is 1. The smallest absolute Gasteiger partial charge is 0.224 e. The first-order valence-corrected chi connectivity index (χ1v) is 6.66. The molecule has 0 aliphatic heterocycles. The summed E-state index contributed by atoms with van der Waals surface area (Å²) in [5.74, 6) is -0.00585. The topological polar surface area (TPSA) is 64.3 Å². The molecule has 1 rings (SSSR count). The lowest BCUT2D eigenvalue weighted by molar-refractivity contribution is -0.122. The number of hydrogen-bond donors (Lipinski definition) is 2. The van der Waals surface area contributed by atoms with E-state index < -0.39 is 0 Å². The van der Waals surface area contributed by atoms with Crippen LogP contribution in [-0.4, -0.2) is 24.7 Å². The fourth-order valence-electron chi connectivity index (χ4n) is 1.92. The van der Waals surface area contributed by atoms with Crippen molar-refractivity contribution in [1.29, 1.82) is 0 Å². The molecule has 0 unspecified atom stereocenters. The van der Waals surface area contributed by atoms with Gasteiger partial charge in [-0.15, -0.1) is 0 Å². The Labute approximate surface area is 115 Å². The summed E-state index contributed by atoms with van der Waals surface area (Å²) in [6.45, 7) is 7.47. The van der Waals surface area contributed by atoms with E-state index >= 15 is 0 Å². The average molecular weight is 264 g/mol. The molecule has 0 radical (unpaired) electrons. The lowest BCUT2D eigenvalue weighted by Crippen LogP contribution is -2.41. The molecule has 1 amide bonds. The van der Waals surface area contributed by atoms with E-state index in [9.17, 15) is 4.79 Å². The van der Waals surface area contributed by atoms with Gasteiger partial charge in [0.25, 0.3) is 0 Å². The third-order valence-electron chi connectivity index (χ3n) is 2.94. The second kappa shape index (κ2) is 7.26. The zero-order valence-electron chi connectivity index (χ0n) is 12.0. The summed E-state index contributed by atoms with van der Waals surface area (Å²) >= 11 is 0. The van der Waals surface area contributed by atoms with Gasteiger partial charge in [0.2, 0.25) is 5.91 Å². The molecule has 4 heteroatoms. The van der Waals surface area contributed by atoms with Crippen molar-refractivity contribution in [2.45, 2.75) is 39.3 Å². The van der Waals surface area contributed by atoms with Crippen LogP contribution in [0.3, 0.4) is 0 Å². The maximum Gasteiger partial charge on any atom is 0.224 e. The number of carbonyl (C=O) groups excluding carboxylic acids is 1. The number of hydrogen-bond acceptors (Lipinski definition) is 3. The summed E-state index contributed by atoms with van der Waals surface area (Å²) in [6, 6.07) is 7.75. The van der Waals surface area contributed by atoms with Gasteiger partial charge < -0.3 is 15.8 Å². The van der Waals surface area contributed by atoms with Crippen molar-refractivity contribution in [2.24, 2.45) is 5.73 Å². The highest BCUT2D eigenvalue weighted by Gasteiger charge is 2.18. The Kier molecular flexibility index (Phi) is 5.99. The molecule has 0 saturated carbocycles. The van der Waals surface area contributed by atoms with Gasteiger partial charge in [0.05, 0.1) is 12.0 Å². The number of amides is 1. The summed E-state index contributed by atoms with van der Waals surface area (Å²) < 4.78 is 5.54. The molecule has 0 spiro atoms. The minimum Gasteiger partial charge on any atom is -0.374 e. The van der Waals surface area contributed by atoms with Gasteiger partial charge >= 0.3 is 0 Å². The Hall–Kier alpha value is -1.39. The van der Waals surface area contributed by atoms with Crippen molar-refractivity contribution in [2.75, 3.05) is 13.2 Å². The number of ether oxygens (including phenoxy) is 1. The van der Waals surface area contributed by atoms with Gasteiger partial charge in [0, 0.05) is 19.7 Å². The van der Waals surface area contributed by atoms with Crippen molar-refractivity contribution in [3.05, 3.63) is 35.4 Å². The summed E-state index contributed by atoms with van der Waals surface area (Å²) in [6.07, 6.45) is 0.357. The van der Waals surface area contributed by atoms with Gasteiger partial charge in [-0.3, -0.25) is 4.79 Å². The van der Waals surface area contributed by atoms with E-state index in [0.717, 1.165) is 11.1 Å². The molecule has 0 heterocycles. The maximum absolute atomic E-state index is 11.9. The van der Waals surface area contributed by atoms with Crippen molar-refractivity contribution in [3.8, 4) is 0 Å². The summed E-state index contributed by atoms with van der Waals surface area (Å²) in [5.41, 5.74) is 7.32. The van der Waals surface area contributed by atoms with E-state index in [0.29, 0.717) is 26.1 Å². The van der Waals surface area contributed by atoms with E-state index in [2.05, 4.69) is 5.32 Å². The number of rotatable bonds is 7. The second-order valence-corrected chi connectivity index (χ2v) is 5.12. The van der Waals surface area contributed by atoms with Crippen LogP contribution in [0, 0.1) is 0 Å². The highest BCUT2D eigenvalue weighted by Crippen LogP contribution is 2.10. The minimum atomic E-state index is -0.336. The molecule has 19 heavy (non-hydrogen) atoms. The van der Waals surface area contributed by atoms with Crippen molar-refractivity contribution in [1.82, 2.24) is 5.32 Å². The average Bonchev–Trinajstić information content (AvgIpc) is 2.37. The van der Waals surface area contributed by atoms with Gasteiger partial charge in [0.1, 0.15) is 0 Å². The second-order valence-electron chi connectivity index (χ2n) is 5.12. The van der Waals surface area contributed by atoms with Crippen LogP contribution in [0.5, 0.6) is 0 Å². The molecule has 0 aromatic heterocycles. The minimum absolute atomic E-state index is 0.00585. The Morgan fingerprint density at radius 3 is 2.53 bits per heavy atom. The summed E-state index contributed by atoms with van der Waals surface area (Å²) in [4.78, 5) is 11.9. The fraction of sp³-hybridized carbons (Fsp3) is 0.533. The Bertz CT molecular complexity index is 416. The van der Waals surface area contributed by atoms with Gasteiger partial charge in [-0.1, -0.05) is 24.3 Å². The third-order valence-corrected chi connectivity index (χ3v) is 2.94. The predicted molar refractivity (Wildman–Crippen MR) is 76.8 cm³/mol. The lowest BCUT2D eigenvalue weighted by atomic mass is 10.0. The number of carbonyl (C=O) groups is 1. The van der Waals surface area contributed by atoms with Gasteiger partial charge in [-0.2, -0.15) is 0 Å². The van der Waals surface area contributed by atoms with Crippen LogP contribution in [0.4, 0.5) is 0 Å². The van der Waals surface area contributed by atoms with Crippen LogP contribution < -0.4 is 11.1 Å². The number of nitrogens with two attached hydrogens (primary N) is 1. The summed E-state index contributed by atoms with van der Waals surface area (Å²) in [7, 11) is 0. The van der Waals surface area contributed by atoms with Crippen LogP contribution in [0.25, 0.3) is 0 Å². The zero-order valence-corrected chi connectivity index (χ0v) is 12.0. The van der Waals surface area contributed by atoms with Crippen LogP contribution in [0.2, 0.25) is 0 Å². The van der Waals surface area contributed by atoms with Crippen molar-refractivity contribution < 1.29 is 9.53 Å². The molecule has 1 aromatic carbocycles. The van der Waals surface area contributed by atoms with Gasteiger partial charge in [0.15, 0.2) is 0 Å².